The SMILES string of the molecule is CC1C(c2ccc3c(n2)n(C)c(=O)n3CC(C)(C)C)C1C(C)(C)O. The summed E-state index contributed by atoms with van der Waals surface area (Å²) < 4.78 is 3.45. The van der Waals surface area contributed by atoms with Crippen molar-refractivity contribution in [2.45, 2.75) is 59.6 Å². The van der Waals surface area contributed by atoms with Crippen molar-refractivity contribution < 1.29 is 5.11 Å². The Morgan fingerprint density at radius 2 is 1.83 bits per heavy atom. The fraction of sp³-hybridized carbons (Fsp3) is 0.684. The van der Waals surface area contributed by atoms with Crippen LogP contribution in [0.1, 0.15) is 53.2 Å². The predicted molar refractivity (Wildman–Crippen MR) is 96.1 cm³/mol. The lowest BCUT2D eigenvalue weighted by molar-refractivity contribution is 0.0501. The van der Waals surface area contributed by atoms with Crippen molar-refractivity contribution in [2.24, 2.45) is 24.3 Å². The van der Waals surface area contributed by atoms with Crippen LogP contribution in [0.4, 0.5) is 0 Å². The molecule has 1 saturated carbocycles. The third-order valence-electron chi connectivity index (χ3n) is 5.17. The number of rotatable bonds is 3. The largest absolute Gasteiger partial charge is 0.390 e. The molecule has 2 aromatic rings. The maximum Gasteiger partial charge on any atom is 0.330 e. The van der Waals surface area contributed by atoms with E-state index in [9.17, 15) is 9.90 Å². The van der Waals surface area contributed by atoms with E-state index in [1.165, 1.54) is 0 Å². The number of aliphatic hydroxyl groups is 1. The third kappa shape index (κ3) is 2.79. The molecule has 1 aliphatic carbocycles. The fourth-order valence-corrected chi connectivity index (χ4v) is 4.10. The number of nitrogens with zero attached hydrogens (tertiary/aromatic N) is 3. The molecule has 3 rings (SSSR count). The first-order chi connectivity index (χ1) is 10.9. The number of hydrogen-bond acceptors (Lipinski definition) is 3. The molecule has 5 heteroatoms. The minimum Gasteiger partial charge on any atom is -0.390 e. The molecule has 0 saturated heterocycles. The molecular weight excluding hydrogens is 302 g/mol. The molecule has 3 unspecified atom stereocenters. The number of hydrogen-bond donors (Lipinski definition) is 1. The minimum atomic E-state index is -0.704. The summed E-state index contributed by atoms with van der Waals surface area (Å²) in [6.07, 6.45) is 0. The van der Waals surface area contributed by atoms with Gasteiger partial charge in [-0.3, -0.25) is 9.13 Å². The van der Waals surface area contributed by atoms with Gasteiger partial charge in [0, 0.05) is 25.2 Å². The first kappa shape index (κ1) is 17.2. The van der Waals surface area contributed by atoms with Crippen LogP contribution in [0.3, 0.4) is 0 Å². The van der Waals surface area contributed by atoms with Crippen molar-refractivity contribution in [1.82, 2.24) is 14.1 Å². The molecule has 3 atom stereocenters. The fourth-order valence-electron chi connectivity index (χ4n) is 4.10. The van der Waals surface area contributed by atoms with E-state index < -0.39 is 5.60 Å². The summed E-state index contributed by atoms with van der Waals surface area (Å²) in [6, 6.07) is 4.03. The van der Waals surface area contributed by atoms with Crippen LogP contribution in [0.25, 0.3) is 11.2 Å². The third-order valence-corrected chi connectivity index (χ3v) is 5.17. The predicted octanol–water partition coefficient (Wildman–Crippen LogP) is 2.90. The van der Waals surface area contributed by atoms with Crippen LogP contribution in [0, 0.1) is 17.3 Å². The molecule has 2 heterocycles. The normalized spacial score (nSPS) is 24.6. The Hall–Kier alpha value is -1.62. The van der Waals surface area contributed by atoms with Crippen LogP contribution in [0.5, 0.6) is 0 Å². The van der Waals surface area contributed by atoms with Crippen molar-refractivity contribution in [3.63, 3.8) is 0 Å². The highest BCUT2D eigenvalue weighted by molar-refractivity contribution is 5.72. The number of aromatic nitrogens is 3. The van der Waals surface area contributed by atoms with E-state index in [1.54, 1.807) is 11.6 Å². The first-order valence-corrected chi connectivity index (χ1v) is 8.70. The Bertz CT molecular complexity index is 833. The molecule has 1 fully saturated rings. The highest BCUT2D eigenvalue weighted by Crippen LogP contribution is 2.58. The van der Waals surface area contributed by atoms with Gasteiger partial charge in [-0.1, -0.05) is 27.7 Å². The summed E-state index contributed by atoms with van der Waals surface area (Å²) >= 11 is 0. The molecule has 0 spiro atoms. The highest BCUT2D eigenvalue weighted by Gasteiger charge is 2.55. The Kier molecular flexibility index (Phi) is 3.72. The summed E-state index contributed by atoms with van der Waals surface area (Å²) in [4.78, 5) is 17.4. The summed E-state index contributed by atoms with van der Waals surface area (Å²) in [6.45, 7) is 12.9. The maximum absolute atomic E-state index is 12.6. The molecule has 0 radical (unpaired) electrons. The summed E-state index contributed by atoms with van der Waals surface area (Å²) in [5.74, 6) is 0.884. The van der Waals surface area contributed by atoms with Crippen LogP contribution in [-0.4, -0.2) is 24.8 Å². The second-order valence-corrected chi connectivity index (χ2v) is 9.13. The molecule has 2 aromatic heterocycles. The van der Waals surface area contributed by atoms with Crippen molar-refractivity contribution in [1.29, 1.82) is 0 Å². The van der Waals surface area contributed by atoms with Crippen LogP contribution in [0.15, 0.2) is 16.9 Å². The molecule has 1 N–H and O–H groups in total. The topological polar surface area (TPSA) is 60.0 Å². The molecule has 0 aliphatic heterocycles. The van der Waals surface area contributed by atoms with Gasteiger partial charge in [0.25, 0.3) is 0 Å². The minimum absolute atomic E-state index is 0.0209. The standard InChI is InChI=1S/C19H29N3O2/c1-11-14(15(11)19(5,6)24)12-8-9-13-16(20-12)21(7)17(23)22(13)10-18(2,3)4/h8-9,11,14-15,24H,10H2,1-7H3. The zero-order valence-electron chi connectivity index (χ0n) is 15.8. The maximum atomic E-state index is 12.6. The second-order valence-electron chi connectivity index (χ2n) is 9.13. The molecular formula is C19H29N3O2. The molecule has 0 aromatic carbocycles. The van der Waals surface area contributed by atoms with Gasteiger partial charge in [-0.25, -0.2) is 9.78 Å². The zero-order chi connectivity index (χ0) is 18.0. The average Bonchev–Trinajstić information content (AvgIpc) is 3.08. The Labute approximate surface area is 143 Å². The summed E-state index contributed by atoms with van der Waals surface area (Å²) in [5, 5.41) is 10.3. The van der Waals surface area contributed by atoms with Crippen molar-refractivity contribution in [2.75, 3.05) is 0 Å². The molecule has 5 nitrogen and oxygen atoms in total. The van der Waals surface area contributed by atoms with Gasteiger partial charge in [-0.2, -0.15) is 0 Å². The van der Waals surface area contributed by atoms with Crippen LogP contribution in [-0.2, 0) is 13.6 Å². The molecule has 0 amide bonds. The van der Waals surface area contributed by atoms with E-state index in [-0.39, 0.29) is 22.9 Å². The molecule has 132 valence electrons. The van der Waals surface area contributed by atoms with Gasteiger partial charge in [0.1, 0.15) is 0 Å². The number of fused-ring (bicyclic) bond motifs is 1. The van der Waals surface area contributed by atoms with Crippen LogP contribution >= 0.6 is 0 Å². The Morgan fingerprint density at radius 3 is 2.33 bits per heavy atom. The van der Waals surface area contributed by atoms with E-state index in [0.717, 1.165) is 16.9 Å². The van der Waals surface area contributed by atoms with Gasteiger partial charge in [-0.05, 0) is 43.2 Å². The Balaban J connectivity index is 2.05. The van der Waals surface area contributed by atoms with E-state index in [2.05, 4.69) is 27.7 Å². The summed E-state index contributed by atoms with van der Waals surface area (Å²) in [5.41, 5.74) is 1.89. The number of imidazole rings is 1. The van der Waals surface area contributed by atoms with Gasteiger partial charge in [0.2, 0.25) is 0 Å². The average molecular weight is 331 g/mol. The van der Waals surface area contributed by atoms with E-state index in [0.29, 0.717) is 12.5 Å². The quantitative estimate of drug-likeness (QED) is 0.941. The molecule has 24 heavy (non-hydrogen) atoms. The van der Waals surface area contributed by atoms with Gasteiger partial charge < -0.3 is 5.11 Å². The molecule has 1 aliphatic rings. The van der Waals surface area contributed by atoms with Gasteiger partial charge in [-0.15, -0.1) is 0 Å². The van der Waals surface area contributed by atoms with Gasteiger partial charge >= 0.3 is 5.69 Å². The lowest BCUT2D eigenvalue weighted by Crippen LogP contribution is -2.27. The van der Waals surface area contributed by atoms with Gasteiger partial charge in [0.15, 0.2) is 5.65 Å². The van der Waals surface area contributed by atoms with Crippen molar-refractivity contribution in [3.05, 3.63) is 28.3 Å². The second kappa shape index (κ2) is 5.19. The highest BCUT2D eigenvalue weighted by atomic mass is 16.3. The first-order valence-electron chi connectivity index (χ1n) is 8.70. The van der Waals surface area contributed by atoms with E-state index >= 15 is 0 Å². The zero-order valence-corrected chi connectivity index (χ0v) is 15.8. The lowest BCUT2D eigenvalue weighted by atomic mass is 9.97. The van der Waals surface area contributed by atoms with E-state index in [4.69, 9.17) is 4.98 Å². The smallest absolute Gasteiger partial charge is 0.330 e. The van der Waals surface area contributed by atoms with Crippen molar-refractivity contribution >= 4 is 11.2 Å². The van der Waals surface area contributed by atoms with Crippen LogP contribution in [0.2, 0.25) is 0 Å². The monoisotopic (exact) mass is 331 g/mol. The summed E-state index contributed by atoms with van der Waals surface area (Å²) in [7, 11) is 1.78. The number of aryl methyl sites for hydroxylation is 1. The number of pyridine rings is 1. The Morgan fingerprint density at radius 1 is 1.21 bits per heavy atom. The van der Waals surface area contributed by atoms with E-state index in [1.807, 2.05) is 30.5 Å². The lowest BCUT2D eigenvalue weighted by Gasteiger charge is -2.18. The molecule has 0 bridgehead atoms. The van der Waals surface area contributed by atoms with Crippen LogP contribution < -0.4 is 5.69 Å². The van der Waals surface area contributed by atoms with Crippen molar-refractivity contribution in [3.8, 4) is 0 Å². The van der Waals surface area contributed by atoms with Gasteiger partial charge in [0.05, 0.1) is 11.1 Å².